The van der Waals surface area contributed by atoms with E-state index < -0.39 is 35.1 Å². The average molecular weight is 373 g/mol. The van der Waals surface area contributed by atoms with Crippen LogP contribution in [-0.4, -0.2) is 33.5 Å². The van der Waals surface area contributed by atoms with E-state index in [9.17, 15) is 23.5 Å². The normalized spacial score (nSPS) is 14.9. The van der Waals surface area contributed by atoms with E-state index in [-0.39, 0.29) is 12.8 Å². The van der Waals surface area contributed by atoms with E-state index in [1.165, 1.54) is 4.90 Å². The van der Waals surface area contributed by atoms with Crippen molar-refractivity contribution in [2.24, 2.45) is 0 Å². The van der Waals surface area contributed by atoms with E-state index in [0.717, 1.165) is 17.7 Å². The summed E-state index contributed by atoms with van der Waals surface area (Å²) < 4.78 is 27.3. The summed E-state index contributed by atoms with van der Waals surface area (Å²) in [6.07, 6.45) is -0.130. The third-order valence-electron chi connectivity index (χ3n) is 5.07. The number of hydrogen-bond acceptors (Lipinski definition) is 2. The molecule has 6 heteroatoms. The molecule has 0 bridgehead atoms. The number of halogens is 2. The number of carbonyl (C=O) groups is 2. The molecule has 0 atom stereocenters. The zero-order valence-electron chi connectivity index (χ0n) is 15.4. The first-order valence-electron chi connectivity index (χ1n) is 8.76. The number of benzene rings is 2. The Bertz CT molecular complexity index is 893. The SMILES string of the molecule is Cc1cccc(C(=O)N(C(C)C)C2(C(=O)O)Cc3cc(F)c(F)cc3C2)c1. The summed E-state index contributed by atoms with van der Waals surface area (Å²) in [5, 5.41) is 10.1. The number of hydrogen-bond donors (Lipinski definition) is 1. The number of carboxylic acid groups (broad SMARTS) is 1. The lowest BCUT2D eigenvalue weighted by molar-refractivity contribution is -0.150. The van der Waals surface area contributed by atoms with Crippen LogP contribution in [-0.2, 0) is 17.6 Å². The summed E-state index contributed by atoms with van der Waals surface area (Å²) in [7, 11) is 0. The van der Waals surface area contributed by atoms with E-state index >= 15 is 0 Å². The number of amides is 1. The summed E-state index contributed by atoms with van der Waals surface area (Å²) in [6, 6.07) is 8.58. The molecule has 0 fully saturated rings. The Morgan fingerprint density at radius 2 is 1.63 bits per heavy atom. The Hall–Kier alpha value is -2.76. The van der Waals surface area contributed by atoms with Crippen LogP contribution in [0.25, 0.3) is 0 Å². The fourth-order valence-electron chi connectivity index (χ4n) is 3.92. The first-order valence-corrected chi connectivity index (χ1v) is 8.76. The zero-order valence-corrected chi connectivity index (χ0v) is 15.4. The largest absolute Gasteiger partial charge is 0.479 e. The number of rotatable bonds is 4. The van der Waals surface area contributed by atoms with Crippen LogP contribution < -0.4 is 0 Å². The van der Waals surface area contributed by atoms with Crippen molar-refractivity contribution in [3.63, 3.8) is 0 Å². The van der Waals surface area contributed by atoms with Crippen molar-refractivity contribution in [3.8, 4) is 0 Å². The van der Waals surface area contributed by atoms with Crippen molar-refractivity contribution in [2.45, 2.75) is 45.2 Å². The lowest BCUT2D eigenvalue weighted by Gasteiger charge is -2.41. The van der Waals surface area contributed by atoms with Gasteiger partial charge in [-0.25, -0.2) is 13.6 Å². The first kappa shape index (κ1) is 19.0. The molecule has 0 heterocycles. The number of nitrogens with zero attached hydrogens (tertiary/aromatic N) is 1. The van der Waals surface area contributed by atoms with Gasteiger partial charge >= 0.3 is 5.97 Å². The van der Waals surface area contributed by atoms with E-state index in [2.05, 4.69) is 0 Å². The molecule has 2 aromatic carbocycles. The third-order valence-corrected chi connectivity index (χ3v) is 5.07. The Labute approximate surface area is 156 Å². The quantitative estimate of drug-likeness (QED) is 0.888. The lowest BCUT2D eigenvalue weighted by Crippen LogP contribution is -2.60. The van der Waals surface area contributed by atoms with Crippen LogP contribution in [0, 0.1) is 18.6 Å². The van der Waals surface area contributed by atoms with Crippen molar-refractivity contribution < 1.29 is 23.5 Å². The van der Waals surface area contributed by atoms with Crippen LogP contribution in [0.1, 0.15) is 40.9 Å². The van der Waals surface area contributed by atoms with Gasteiger partial charge in [0.25, 0.3) is 5.91 Å². The molecule has 3 rings (SSSR count). The second-order valence-electron chi connectivity index (χ2n) is 7.36. The van der Waals surface area contributed by atoms with Gasteiger partial charge in [-0.3, -0.25) is 4.79 Å². The highest BCUT2D eigenvalue weighted by Crippen LogP contribution is 2.38. The van der Waals surface area contributed by atoms with Crippen LogP contribution in [0.4, 0.5) is 8.78 Å². The number of aliphatic carboxylic acids is 1. The van der Waals surface area contributed by atoms with E-state index in [1.807, 2.05) is 13.0 Å². The van der Waals surface area contributed by atoms with Crippen molar-refractivity contribution in [1.29, 1.82) is 0 Å². The highest BCUT2D eigenvalue weighted by molar-refractivity contribution is 5.98. The van der Waals surface area contributed by atoms with Crippen LogP contribution in [0.3, 0.4) is 0 Å². The minimum atomic E-state index is -1.59. The van der Waals surface area contributed by atoms with Gasteiger partial charge in [-0.15, -0.1) is 0 Å². The number of aryl methyl sites for hydroxylation is 1. The van der Waals surface area contributed by atoms with Gasteiger partial charge < -0.3 is 10.0 Å². The third kappa shape index (κ3) is 3.20. The van der Waals surface area contributed by atoms with E-state index in [4.69, 9.17) is 0 Å². The highest BCUT2D eigenvalue weighted by Gasteiger charge is 2.52. The van der Waals surface area contributed by atoms with Gasteiger partial charge in [-0.2, -0.15) is 0 Å². The molecule has 0 unspecified atom stereocenters. The number of carbonyl (C=O) groups excluding carboxylic acids is 1. The van der Waals surface area contributed by atoms with E-state index in [1.54, 1.807) is 32.0 Å². The summed E-state index contributed by atoms with van der Waals surface area (Å²) in [6.45, 7) is 5.32. The Balaban J connectivity index is 2.09. The Morgan fingerprint density at radius 1 is 1.07 bits per heavy atom. The molecule has 1 N–H and O–H groups in total. The van der Waals surface area contributed by atoms with Gasteiger partial charge in [0, 0.05) is 24.4 Å². The highest BCUT2D eigenvalue weighted by atomic mass is 19.2. The van der Waals surface area contributed by atoms with Gasteiger partial charge in [0.2, 0.25) is 0 Å². The molecule has 2 aromatic rings. The van der Waals surface area contributed by atoms with Crippen LogP contribution in [0.15, 0.2) is 36.4 Å². The van der Waals surface area contributed by atoms with Gasteiger partial charge in [0.05, 0.1) is 0 Å². The van der Waals surface area contributed by atoms with Crippen molar-refractivity contribution >= 4 is 11.9 Å². The molecule has 142 valence electrons. The standard InChI is InChI=1S/C21H21F2NO3/c1-12(2)24(19(25)14-6-4-5-13(3)7-14)21(20(26)27)10-15-8-17(22)18(23)9-16(15)11-21/h4-9,12H,10-11H2,1-3H3,(H,26,27). The average Bonchev–Trinajstić information content (AvgIpc) is 2.94. The second-order valence-corrected chi connectivity index (χ2v) is 7.36. The smallest absolute Gasteiger partial charge is 0.330 e. The fourth-order valence-corrected chi connectivity index (χ4v) is 3.92. The molecule has 0 saturated heterocycles. The van der Waals surface area contributed by atoms with Crippen LogP contribution in [0.5, 0.6) is 0 Å². The predicted octanol–water partition coefficient (Wildman–Crippen LogP) is 3.75. The molecule has 1 aliphatic carbocycles. The molecular formula is C21H21F2NO3. The van der Waals surface area contributed by atoms with E-state index in [0.29, 0.717) is 16.7 Å². The van der Waals surface area contributed by atoms with Crippen LogP contribution in [0.2, 0.25) is 0 Å². The topological polar surface area (TPSA) is 57.6 Å². The fraction of sp³-hybridized carbons (Fsp3) is 0.333. The molecule has 1 amide bonds. The molecule has 1 aliphatic rings. The lowest BCUT2D eigenvalue weighted by atomic mass is 9.90. The monoisotopic (exact) mass is 373 g/mol. The Kier molecular flexibility index (Phi) is 4.76. The summed E-state index contributed by atoms with van der Waals surface area (Å²) >= 11 is 0. The zero-order chi connectivity index (χ0) is 19.9. The minimum absolute atomic E-state index is 0.0649. The summed E-state index contributed by atoms with van der Waals surface area (Å²) in [5.74, 6) is -3.63. The molecule has 0 aliphatic heterocycles. The maximum absolute atomic E-state index is 13.7. The maximum Gasteiger partial charge on any atom is 0.330 e. The Morgan fingerprint density at radius 3 is 2.07 bits per heavy atom. The van der Waals surface area contributed by atoms with Crippen molar-refractivity contribution in [2.75, 3.05) is 0 Å². The van der Waals surface area contributed by atoms with Crippen molar-refractivity contribution in [1.82, 2.24) is 4.90 Å². The predicted molar refractivity (Wildman–Crippen MR) is 96.6 cm³/mol. The second kappa shape index (κ2) is 6.76. The summed E-state index contributed by atoms with van der Waals surface area (Å²) in [5.41, 5.74) is 0.515. The van der Waals surface area contributed by atoms with Crippen LogP contribution >= 0.6 is 0 Å². The van der Waals surface area contributed by atoms with Crippen molar-refractivity contribution in [3.05, 3.63) is 70.3 Å². The number of carboxylic acids is 1. The molecule has 0 radical (unpaired) electrons. The maximum atomic E-state index is 13.7. The molecule has 0 aromatic heterocycles. The minimum Gasteiger partial charge on any atom is -0.479 e. The molecule has 27 heavy (non-hydrogen) atoms. The number of fused-ring (bicyclic) bond motifs is 1. The van der Waals surface area contributed by atoms with Gasteiger partial charge in [-0.1, -0.05) is 17.7 Å². The summed E-state index contributed by atoms with van der Waals surface area (Å²) in [4.78, 5) is 26.9. The first-order chi connectivity index (χ1) is 12.7. The molecule has 4 nitrogen and oxygen atoms in total. The van der Waals surface area contributed by atoms with Gasteiger partial charge in [0.1, 0.15) is 5.54 Å². The molecule has 0 saturated carbocycles. The molecular weight excluding hydrogens is 352 g/mol. The molecule has 0 spiro atoms. The van der Waals surface area contributed by atoms with Gasteiger partial charge in [-0.05, 0) is 56.2 Å². The van der Waals surface area contributed by atoms with Gasteiger partial charge in [0.15, 0.2) is 11.6 Å².